The Morgan fingerprint density at radius 2 is 2.06 bits per heavy atom. The van der Waals surface area contributed by atoms with Crippen LogP contribution in [0.25, 0.3) is 0 Å². The lowest BCUT2D eigenvalue weighted by molar-refractivity contribution is 0.0616. The minimum Gasteiger partial charge on any atom is -0.496 e. The van der Waals surface area contributed by atoms with Crippen LogP contribution in [0, 0.1) is 0 Å². The van der Waals surface area contributed by atoms with Crippen molar-refractivity contribution in [2.75, 3.05) is 26.7 Å². The molecule has 1 heterocycles. The van der Waals surface area contributed by atoms with E-state index in [9.17, 15) is 5.11 Å². The van der Waals surface area contributed by atoms with Gasteiger partial charge >= 0.3 is 0 Å². The largest absolute Gasteiger partial charge is 0.496 e. The zero-order valence-corrected chi connectivity index (χ0v) is 10.9. The van der Waals surface area contributed by atoms with Crippen LogP contribution in [0.4, 0.5) is 0 Å². The molecule has 0 bridgehead atoms. The average Bonchev–Trinajstić information content (AvgIpc) is 2.42. The molecule has 3 N–H and O–H groups in total. The van der Waals surface area contributed by atoms with Crippen molar-refractivity contribution in [2.24, 2.45) is 5.73 Å². The van der Waals surface area contributed by atoms with E-state index in [4.69, 9.17) is 10.5 Å². The number of para-hydroxylation sites is 1. The molecule has 0 aliphatic carbocycles. The summed E-state index contributed by atoms with van der Waals surface area (Å²) in [6, 6.07) is 8.20. The molecule has 1 aliphatic heterocycles. The monoisotopic (exact) mass is 250 g/mol. The van der Waals surface area contributed by atoms with E-state index in [-0.39, 0.29) is 12.1 Å². The number of nitrogens with two attached hydrogens (primary N) is 1. The van der Waals surface area contributed by atoms with Crippen LogP contribution in [0.1, 0.15) is 24.4 Å². The maximum absolute atomic E-state index is 9.57. The highest BCUT2D eigenvalue weighted by molar-refractivity contribution is 5.36. The molecular weight excluding hydrogens is 228 g/mol. The third kappa shape index (κ3) is 2.83. The predicted molar refractivity (Wildman–Crippen MR) is 71.6 cm³/mol. The SMILES string of the molecule is COc1ccccc1C(CN)N1CCC(O)CC1. The van der Waals surface area contributed by atoms with E-state index >= 15 is 0 Å². The number of piperidine rings is 1. The van der Waals surface area contributed by atoms with Gasteiger partial charge in [-0.3, -0.25) is 4.90 Å². The van der Waals surface area contributed by atoms with Crippen molar-refractivity contribution in [1.29, 1.82) is 0 Å². The van der Waals surface area contributed by atoms with Gasteiger partial charge in [0.15, 0.2) is 0 Å². The number of ether oxygens (including phenoxy) is 1. The van der Waals surface area contributed by atoms with Crippen LogP contribution in [0.2, 0.25) is 0 Å². The number of nitrogens with zero attached hydrogens (tertiary/aromatic N) is 1. The second-order valence-electron chi connectivity index (χ2n) is 4.76. The Kier molecular flexibility index (Phi) is 4.58. The van der Waals surface area contributed by atoms with E-state index in [0.29, 0.717) is 6.54 Å². The van der Waals surface area contributed by atoms with Crippen molar-refractivity contribution in [1.82, 2.24) is 4.90 Å². The molecule has 4 nitrogen and oxygen atoms in total. The van der Waals surface area contributed by atoms with Crippen molar-refractivity contribution in [3.05, 3.63) is 29.8 Å². The Balaban J connectivity index is 2.17. The first kappa shape index (κ1) is 13.3. The maximum Gasteiger partial charge on any atom is 0.123 e. The van der Waals surface area contributed by atoms with Crippen LogP contribution in [-0.2, 0) is 0 Å². The average molecular weight is 250 g/mol. The van der Waals surface area contributed by atoms with Gasteiger partial charge in [-0.1, -0.05) is 18.2 Å². The quantitative estimate of drug-likeness (QED) is 0.841. The first-order chi connectivity index (χ1) is 8.76. The fraction of sp³-hybridized carbons (Fsp3) is 0.571. The molecule has 100 valence electrons. The fourth-order valence-corrected chi connectivity index (χ4v) is 2.61. The molecule has 0 aromatic heterocycles. The number of benzene rings is 1. The van der Waals surface area contributed by atoms with Gasteiger partial charge in [0.25, 0.3) is 0 Å². The molecule has 4 heteroatoms. The lowest BCUT2D eigenvalue weighted by atomic mass is 10.00. The maximum atomic E-state index is 9.57. The highest BCUT2D eigenvalue weighted by Gasteiger charge is 2.25. The van der Waals surface area contributed by atoms with E-state index in [1.807, 2.05) is 18.2 Å². The molecule has 1 aromatic carbocycles. The van der Waals surface area contributed by atoms with E-state index in [1.165, 1.54) is 0 Å². The van der Waals surface area contributed by atoms with Gasteiger partial charge in [0.2, 0.25) is 0 Å². The Morgan fingerprint density at radius 1 is 1.39 bits per heavy atom. The van der Waals surface area contributed by atoms with Crippen molar-refractivity contribution in [3.8, 4) is 5.75 Å². The van der Waals surface area contributed by atoms with Crippen LogP contribution in [-0.4, -0.2) is 42.9 Å². The van der Waals surface area contributed by atoms with Crippen LogP contribution in [0.3, 0.4) is 0 Å². The van der Waals surface area contributed by atoms with E-state index < -0.39 is 0 Å². The van der Waals surface area contributed by atoms with Crippen LogP contribution in [0.5, 0.6) is 5.75 Å². The summed E-state index contributed by atoms with van der Waals surface area (Å²) in [5.74, 6) is 0.888. The molecule has 1 fully saturated rings. The van der Waals surface area contributed by atoms with Crippen molar-refractivity contribution < 1.29 is 9.84 Å². The van der Waals surface area contributed by atoms with Crippen molar-refractivity contribution in [2.45, 2.75) is 25.0 Å². The minimum absolute atomic E-state index is 0.155. The standard InChI is InChI=1S/C14H22N2O2/c1-18-14-5-3-2-4-12(14)13(10-15)16-8-6-11(17)7-9-16/h2-5,11,13,17H,6-10,15H2,1H3. The highest BCUT2D eigenvalue weighted by Crippen LogP contribution is 2.30. The molecular formula is C14H22N2O2. The number of likely N-dealkylation sites (tertiary alicyclic amines) is 1. The Labute approximate surface area is 108 Å². The molecule has 1 saturated heterocycles. The molecule has 0 amide bonds. The smallest absolute Gasteiger partial charge is 0.123 e. The Hall–Kier alpha value is -1.10. The molecule has 1 atom stereocenters. The normalized spacial score (nSPS) is 19.7. The first-order valence-electron chi connectivity index (χ1n) is 6.51. The zero-order valence-electron chi connectivity index (χ0n) is 10.9. The Morgan fingerprint density at radius 3 is 2.67 bits per heavy atom. The van der Waals surface area contributed by atoms with Gasteiger partial charge in [-0.2, -0.15) is 0 Å². The molecule has 1 unspecified atom stereocenters. The zero-order chi connectivity index (χ0) is 13.0. The van der Waals surface area contributed by atoms with Crippen LogP contribution >= 0.6 is 0 Å². The topological polar surface area (TPSA) is 58.7 Å². The lowest BCUT2D eigenvalue weighted by Crippen LogP contribution is -2.41. The minimum atomic E-state index is -0.155. The summed E-state index contributed by atoms with van der Waals surface area (Å²) in [7, 11) is 1.69. The van der Waals surface area contributed by atoms with Gasteiger partial charge in [-0.15, -0.1) is 0 Å². The Bertz CT molecular complexity index is 376. The number of methoxy groups -OCH3 is 1. The fourth-order valence-electron chi connectivity index (χ4n) is 2.61. The number of aliphatic hydroxyl groups is 1. The molecule has 1 aliphatic rings. The molecule has 0 spiro atoms. The number of rotatable bonds is 4. The summed E-state index contributed by atoms with van der Waals surface area (Å²) in [5.41, 5.74) is 7.07. The van der Waals surface area contributed by atoms with Gasteiger partial charge in [-0.05, 0) is 18.9 Å². The van der Waals surface area contributed by atoms with Crippen LogP contribution < -0.4 is 10.5 Å². The third-order valence-corrected chi connectivity index (χ3v) is 3.66. The van der Waals surface area contributed by atoms with Crippen LogP contribution in [0.15, 0.2) is 24.3 Å². The summed E-state index contributed by atoms with van der Waals surface area (Å²) in [4.78, 5) is 2.34. The molecule has 0 radical (unpaired) electrons. The summed E-state index contributed by atoms with van der Waals surface area (Å²) in [6.45, 7) is 2.35. The summed E-state index contributed by atoms with van der Waals surface area (Å²) in [6.07, 6.45) is 1.49. The third-order valence-electron chi connectivity index (χ3n) is 3.66. The number of hydrogen-bond acceptors (Lipinski definition) is 4. The van der Waals surface area contributed by atoms with Gasteiger partial charge in [0, 0.05) is 25.2 Å². The number of hydrogen-bond donors (Lipinski definition) is 2. The van der Waals surface area contributed by atoms with Crippen molar-refractivity contribution >= 4 is 0 Å². The van der Waals surface area contributed by atoms with Gasteiger partial charge in [-0.25, -0.2) is 0 Å². The van der Waals surface area contributed by atoms with Gasteiger partial charge in [0.05, 0.1) is 19.3 Å². The summed E-state index contributed by atoms with van der Waals surface area (Å²) >= 11 is 0. The van der Waals surface area contributed by atoms with E-state index in [0.717, 1.165) is 37.2 Å². The molecule has 18 heavy (non-hydrogen) atoms. The highest BCUT2D eigenvalue weighted by atomic mass is 16.5. The second-order valence-corrected chi connectivity index (χ2v) is 4.76. The van der Waals surface area contributed by atoms with E-state index in [1.54, 1.807) is 7.11 Å². The predicted octanol–water partition coefficient (Wildman–Crippen LogP) is 1.15. The summed E-state index contributed by atoms with van der Waals surface area (Å²) in [5, 5.41) is 9.57. The molecule has 2 rings (SSSR count). The molecule has 1 aromatic rings. The van der Waals surface area contributed by atoms with Crippen molar-refractivity contribution in [3.63, 3.8) is 0 Å². The summed E-state index contributed by atoms with van der Waals surface area (Å²) < 4.78 is 5.41. The van der Waals surface area contributed by atoms with Gasteiger partial charge in [0.1, 0.15) is 5.75 Å². The molecule has 0 saturated carbocycles. The first-order valence-corrected chi connectivity index (χ1v) is 6.51. The second kappa shape index (κ2) is 6.18. The number of aliphatic hydroxyl groups excluding tert-OH is 1. The lowest BCUT2D eigenvalue weighted by Gasteiger charge is -2.36. The van der Waals surface area contributed by atoms with E-state index in [2.05, 4.69) is 11.0 Å². The van der Waals surface area contributed by atoms with Gasteiger partial charge < -0.3 is 15.6 Å².